The molecule has 1 unspecified atom stereocenters. The summed E-state index contributed by atoms with van der Waals surface area (Å²) < 4.78 is 6.26. The Labute approximate surface area is 92.6 Å². The van der Waals surface area contributed by atoms with Gasteiger partial charge in [-0.2, -0.15) is 0 Å². The summed E-state index contributed by atoms with van der Waals surface area (Å²) in [7, 11) is 6.41. The van der Waals surface area contributed by atoms with Crippen LogP contribution in [-0.4, -0.2) is 69.0 Å². The molecule has 88 valence electrons. The zero-order valence-corrected chi connectivity index (χ0v) is 10.1. The summed E-state index contributed by atoms with van der Waals surface area (Å²) in [5.41, 5.74) is 0.0337. The second kappa shape index (κ2) is 4.37. The van der Waals surface area contributed by atoms with Gasteiger partial charge < -0.3 is 15.0 Å². The summed E-state index contributed by atoms with van der Waals surface area (Å²) in [4.78, 5) is 4.61. The zero-order chi connectivity index (χ0) is 10.9. The van der Waals surface area contributed by atoms with Gasteiger partial charge in [0.05, 0.1) is 6.10 Å². The largest absolute Gasteiger partial charge is 0.354 e. The number of nitrogens with one attached hydrogen (secondary N) is 1. The number of rotatable bonds is 2. The number of ether oxygens (including phenoxy) is 1. The van der Waals surface area contributed by atoms with Gasteiger partial charge >= 0.3 is 0 Å². The van der Waals surface area contributed by atoms with Crippen LogP contribution in [-0.2, 0) is 4.74 Å². The first kappa shape index (κ1) is 11.3. The molecule has 0 aromatic rings. The number of piperidine rings is 1. The van der Waals surface area contributed by atoms with Crippen molar-refractivity contribution in [1.82, 2.24) is 15.1 Å². The van der Waals surface area contributed by atoms with Crippen molar-refractivity contribution >= 4 is 0 Å². The molecular formula is C11H23N3O. The van der Waals surface area contributed by atoms with Crippen LogP contribution < -0.4 is 5.32 Å². The van der Waals surface area contributed by atoms with Crippen molar-refractivity contribution in [2.24, 2.45) is 0 Å². The van der Waals surface area contributed by atoms with Crippen molar-refractivity contribution in [3.63, 3.8) is 0 Å². The van der Waals surface area contributed by atoms with Crippen LogP contribution in [0.2, 0.25) is 0 Å². The third kappa shape index (κ3) is 2.33. The highest BCUT2D eigenvalue weighted by molar-refractivity contribution is 4.92. The standard InChI is InChI=1S/C11H23N3O/c1-13(2)8-10-9-14(3)11(15-10)4-6-12-7-5-11/h10,12H,4-9H2,1-3H3. The van der Waals surface area contributed by atoms with Gasteiger partial charge in [0.1, 0.15) is 5.72 Å². The Morgan fingerprint density at radius 2 is 2.07 bits per heavy atom. The Morgan fingerprint density at radius 1 is 1.40 bits per heavy atom. The number of nitrogens with zero attached hydrogens (tertiary/aromatic N) is 2. The Balaban J connectivity index is 1.96. The molecule has 0 aromatic heterocycles. The Hall–Kier alpha value is -0.160. The molecule has 2 aliphatic rings. The molecule has 0 aromatic carbocycles. The van der Waals surface area contributed by atoms with E-state index in [1.165, 1.54) is 0 Å². The minimum Gasteiger partial charge on any atom is -0.354 e. The molecule has 2 heterocycles. The highest BCUT2D eigenvalue weighted by atomic mass is 16.5. The van der Waals surface area contributed by atoms with Gasteiger partial charge in [-0.25, -0.2) is 0 Å². The number of hydrogen-bond acceptors (Lipinski definition) is 4. The third-order valence-electron chi connectivity index (χ3n) is 3.51. The van der Waals surface area contributed by atoms with Crippen LogP contribution in [0.5, 0.6) is 0 Å². The smallest absolute Gasteiger partial charge is 0.124 e. The fraction of sp³-hybridized carbons (Fsp3) is 1.00. The summed E-state index contributed by atoms with van der Waals surface area (Å²) in [6, 6.07) is 0. The van der Waals surface area contributed by atoms with Crippen molar-refractivity contribution in [2.75, 3.05) is 47.3 Å². The molecule has 2 saturated heterocycles. The van der Waals surface area contributed by atoms with Crippen molar-refractivity contribution in [3.05, 3.63) is 0 Å². The third-order valence-corrected chi connectivity index (χ3v) is 3.51. The van der Waals surface area contributed by atoms with Crippen LogP contribution in [0.25, 0.3) is 0 Å². The lowest BCUT2D eigenvalue weighted by molar-refractivity contribution is -0.117. The van der Waals surface area contributed by atoms with Crippen LogP contribution in [0.3, 0.4) is 0 Å². The predicted molar refractivity (Wildman–Crippen MR) is 60.9 cm³/mol. The first-order valence-corrected chi connectivity index (χ1v) is 5.87. The quantitative estimate of drug-likeness (QED) is 0.696. The molecule has 1 spiro atoms. The van der Waals surface area contributed by atoms with Gasteiger partial charge in [-0.05, 0) is 34.2 Å². The second-order valence-corrected chi connectivity index (χ2v) is 5.08. The van der Waals surface area contributed by atoms with Crippen LogP contribution in [0.15, 0.2) is 0 Å². The van der Waals surface area contributed by atoms with E-state index in [1.54, 1.807) is 0 Å². The summed E-state index contributed by atoms with van der Waals surface area (Å²) in [5.74, 6) is 0. The van der Waals surface area contributed by atoms with Gasteiger partial charge in [0.25, 0.3) is 0 Å². The van der Waals surface area contributed by atoms with E-state index in [1.807, 2.05) is 0 Å². The van der Waals surface area contributed by atoms with Gasteiger partial charge in [-0.1, -0.05) is 0 Å². The molecule has 0 amide bonds. The van der Waals surface area contributed by atoms with Gasteiger partial charge in [0.15, 0.2) is 0 Å². The minimum atomic E-state index is 0.0337. The van der Waals surface area contributed by atoms with Gasteiger partial charge in [-0.15, -0.1) is 0 Å². The molecule has 2 aliphatic heterocycles. The highest BCUT2D eigenvalue weighted by Crippen LogP contribution is 2.33. The molecule has 1 N–H and O–H groups in total. The van der Waals surface area contributed by atoms with E-state index in [0.717, 1.165) is 39.0 Å². The fourth-order valence-corrected chi connectivity index (χ4v) is 2.73. The Bertz CT molecular complexity index is 214. The first-order chi connectivity index (χ1) is 7.12. The number of likely N-dealkylation sites (N-methyl/N-ethyl adjacent to an activating group) is 2. The van der Waals surface area contributed by atoms with Crippen molar-refractivity contribution < 1.29 is 4.74 Å². The lowest BCUT2D eigenvalue weighted by Gasteiger charge is -2.38. The fourth-order valence-electron chi connectivity index (χ4n) is 2.73. The van der Waals surface area contributed by atoms with E-state index in [-0.39, 0.29) is 5.72 Å². The van der Waals surface area contributed by atoms with Crippen molar-refractivity contribution in [2.45, 2.75) is 24.7 Å². The maximum Gasteiger partial charge on any atom is 0.124 e. The Kier molecular flexibility index (Phi) is 3.30. The molecule has 0 bridgehead atoms. The molecular weight excluding hydrogens is 190 g/mol. The average molecular weight is 213 g/mol. The highest BCUT2D eigenvalue weighted by Gasteiger charge is 2.45. The van der Waals surface area contributed by atoms with Crippen LogP contribution in [0, 0.1) is 0 Å². The minimum absolute atomic E-state index is 0.0337. The van der Waals surface area contributed by atoms with Crippen LogP contribution in [0.1, 0.15) is 12.8 Å². The number of hydrogen-bond donors (Lipinski definition) is 1. The van der Waals surface area contributed by atoms with Crippen LogP contribution in [0.4, 0.5) is 0 Å². The van der Waals surface area contributed by atoms with E-state index < -0.39 is 0 Å². The predicted octanol–water partition coefficient (Wildman–Crippen LogP) is -0.0417. The van der Waals surface area contributed by atoms with E-state index >= 15 is 0 Å². The summed E-state index contributed by atoms with van der Waals surface area (Å²) in [6.45, 7) is 4.26. The lowest BCUT2D eigenvalue weighted by Crippen LogP contribution is -2.50. The van der Waals surface area contributed by atoms with Crippen molar-refractivity contribution in [1.29, 1.82) is 0 Å². The van der Waals surface area contributed by atoms with Gasteiger partial charge in [0.2, 0.25) is 0 Å². The first-order valence-electron chi connectivity index (χ1n) is 5.87. The molecule has 15 heavy (non-hydrogen) atoms. The zero-order valence-electron chi connectivity index (χ0n) is 10.1. The van der Waals surface area contributed by atoms with E-state index in [9.17, 15) is 0 Å². The Morgan fingerprint density at radius 3 is 2.67 bits per heavy atom. The molecule has 2 rings (SSSR count). The lowest BCUT2D eigenvalue weighted by atomic mass is 10.0. The van der Waals surface area contributed by atoms with E-state index in [0.29, 0.717) is 6.10 Å². The van der Waals surface area contributed by atoms with E-state index in [4.69, 9.17) is 4.74 Å². The van der Waals surface area contributed by atoms with E-state index in [2.05, 4.69) is 36.3 Å². The average Bonchev–Trinajstić information content (AvgIpc) is 2.43. The molecule has 4 heteroatoms. The second-order valence-electron chi connectivity index (χ2n) is 5.08. The topological polar surface area (TPSA) is 27.7 Å². The normalized spacial score (nSPS) is 31.6. The monoisotopic (exact) mass is 213 g/mol. The maximum absolute atomic E-state index is 6.26. The SMILES string of the molecule is CN(C)CC1CN(C)C2(CCNCC2)O1. The molecule has 1 atom stereocenters. The maximum atomic E-state index is 6.26. The summed E-state index contributed by atoms with van der Waals surface area (Å²) >= 11 is 0. The van der Waals surface area contributed by atoms with Gasteiger partial charge in [0, 0.05) is 25.9 Å². The summed E-state index contributed by atoms with van der Waals surface area (Å²) in [5, 5.41) is 3.39. The van der Waals surface area contributed by atoms with Gasteiger partial charge in [-0.3, -0.25) is 4.90 Å². The molecule has 0 radical (unpaired) electrons. The summed E-state index contributed by atoms with van der Waals surface area (Å²) in [6.07, 6.45) is 2.61. The molecule has 0 aliphatic carbocycles. The van der Waals surface area contributed by atoms with Crippen molar-refractivity contribution in [3.8, 4) is 0 Å². The van der Waals surface area contributed by atoms with Crippen LogP contribution >= 0.6 is 0 Å². The molecule has 4 nitrogen and oxygen atoms in total. The molecule has 0 saturated carbocycles. The molecule has 2 fully saturated rings.